The highest BCUT2D eigenvalue weighted by atomic mass is 35.5. The van der Waals surface area contributed by atoms with Crippen LogP contribution in [0, 0.1) is 25.5 Å². The molecule has 1 N–H and O–H groups in total. The Kier molecular flexibility index (Phi) is 4.41. The molecule has 0 aliphatic carbocycles. The van der Waals surface area contributed by atoms with E-state index >= 15 is 0 Å². The van der Waals surface area contributed by atoms with E-state index in [0.29, 0.717) is 5.56 Å². The molecule has 2 aromatic rings. The Morgan fingerprint density at radius 1 is 1.00 bits per heavy atom. The Bertz CT molecular complexity index is 641. The maximum atomic E-state index is 13.5. The molecule has 1 unspecified atom stereocenters. The molecule has 106 valence electrons. The van der Waals surface area contributed by atoms with Crippen LogP contribution < -0.4 is 5.32 Å². The summed E-state index contributed by atoms with van der Waals surface area (Å²) >= 11 is 6.05. The Balaban J connectivity index is 2.52. The molecule has 0 saturated heterocycles. The van der Waals surface area contributed by atoms with Gasteiger partial charge >= 0.3 is 0 Å². The van der Waals surface area contributed by atoms with Gasteiger partial charge in [0.2, 0.25) is 0 Å². The minimum Gasteiger partial charge on any atom is -0.309 e. The van der Waals surface area contributed by atoms with E-state index in [9.17, 15) is 8.78 Å². The van der Waals surface area contributed by atoms with E-state index in [1.165, 1.54) is 5.56 Å². The quantitative estimate of drug-likeness (QED) is 0.820. The predicted molar refractivity (Wildman–Crippen MR) is 78.2 cm³/mol. The van der Waals surface area contributed by atoms with Crippen molar-refractivity contribution in [1.29, 1.82) is 0 Å². The van der Waals surface area contributed by atoms with Crippen LogP contribution in [0.5, 0.6) is 0 Å². The van der Waals surface area contributed by atoms with E-state index in [2.05, 4.69) is 5.32 Å². The van der Waals surface area contributed by atoms with Gasteiger partial charge in [-0.3, -0.25) is 0 Å². The monoisotopic (exact) mass is 295 g/mol. The molecule has 2 aromatic carbocycles. The van der Waals surface area contributed by atoms with Gasteiger partial charge in [-0.05, 0) is 55.3 Å². The second-order valence-electron chi connectivity index (χ2n) is 4.85. The molecule has 0 radical (unpaired) electrons. The lowest BCUT2D eigenvalue weighted by Crippen LogP contribution is -2.18. The van der Waals surface area contributed by atoms with Crippen LogP contribution in [0.4, 0.5) is 8.78 Å². The largest absolute Gasteiger partial charge is 0.309 e. The highest BCUT2D eigenvalue weighted by Gasteiger charge is 2.18. The van der Waals surface area contributed by atoms with Crippen molar-refractivity contribution >= 4 is 11.6 Å². The van der Waals surface area contributed by atoms with Crippen LogP contribution in [-0.2, 0) is 0 Å². The average molecular weight is 296 g/mol. The van der Waals surface area contributed by atoms with Gasteiger partial charge < -0.3 is 5.32 Å². The minimum atomic E-state index is -0.936. The number of rotatable bonds is 3. The molecule has 0 heterocycles. The van der Waals surface area contributed by atoms with Crippen LogP contribution >= 0.6 is 11.6 Å². The fourth-order valence-electron chi connectivity index (χ4n) is 2.21. The summed E-state index contributed by atoms with van der Waals surface area (Å²) in [6.07, 6.45) is 0. The van der Waals surface area contributed by atoms with Gasteiger partial charge in [-0.1, -0.05) is 29.8 Å². The molecule has 4 heteroatoms. The third kappa shape index (κ3) is 2.84. The first-order valence-corrected chi connectivity index (χ1v) is 6.70. The Hall–Kier alpha value is -1.45. The van der Waals surface area contributed by atoms with E-state index in [4.69, 9.17) is 11.6 Å². The first-order valence-electron chi connectivity index (χ1n) is 6.33. The van der Waals surface area contributed by atoms with Crippen LogP contribution in [0.1, 0.15) is 28.3 Å². The van der Waals surface area contributed by atoms with Crippen LogP contribution in [0.15, 0.2) is 30.3 Å². The molecular weight excluding hydrogens is 280 g/mol. The lowest BCUT2D eigenvalue weighted by molar-refractivity contribution is 0.505. The molecule has 0 saturated carbocycles. The van der Waals surface area contributed by atoms with Crippen molar-refractivity contribution in [3.63, 3.8) is 0 Å². The Morgan fingerprint density at radius 3 is 2.25 bits per heavy atom. The highest BCUT2D eigenvalue weighted by molar-refractivity contribution is 6.31. The second kappa shape index (κ2) is 5.90. The Morgan fingerprint density at radius 2 is 1.65 bits per heavy atom. The molecule has 20 heavy (non-hydrogen) atoms. The van der Waals surface area contributed by atoms with E-state index in [0.717, 1.165) is 23.3 Å². The van der Waals surface area contributed by atoms with Crippen molar-refractivity contribution in [2.45, 2.75) is 19.9 Å². The van der Waals surface area contributed by atoms with Crippen molar-refractivity contribution in [2.75, 3.05) is 7.05 Å². The van der Waals surface area contributed by atoms with E-state index in [1.807, 2.05) is 32.0 Å². The molecule has 0 spiro atoms. The minimum absolute atomic E-state index is 0.210. The summed E-state index contributed by atoms with van der Waals surface area (Å²) in [6.45, 7) is 4.04. The smallest absolute Gasteiger partial charge is 0.160 e. The van der Waals surface area contributed by atoms with Crippen LogP contribution in [0.2, 0.25) is 5.02 Å². The van der Waals surface area contributed by atoms with E-state index in [-0.39, 0.29) is 11.1 Å². The van der Waals surface area contributed by atoms with Gasteiger partial charge in [-0.15, -0.1) is 0 Å². The zero-order valence-corrected chi connectivity index (χ0v) is 12.4. The summed E-state index contributed by atoms with van der Waals surface area (Å²) in [5.41, 5.74) is 3.81. The number of hydrogen-bond donors (Lipinski definition) is 1. The fourth-order valence-corrected chi connectivity index (χ4v) is 2.46. The van der Waals surface area contributed by atoms with Gasteiger partial charge in [0.15, 0.2) is 11.6 Å². The van der Waals surface area contributed by atoms with Gasteiger partial charge in [0.1, 0.15) is 0 Å². The van der Waals surface area contributed by atoms with Gasteiger partial charge in [-0.25, -0.2) is 8.78 Å². The molecule has 1 atom stereocenters. The van der Waals surface area contributed by atoms with Crippen molar-refractivity contribution in [1.82, 2.24) is 5.32 Å². The highest BCUT2D eigenvalue weighted by Crippen LogP contribution is 2.30. The molecule has 0 aliphatic rings. The lowest BCUT2D eigenvalue weighted by Gasteiger charge is -2.20. The summed E-state index contributed by atoms with van der Waals surface area (Å²) in [7, 11) is 1.76. The summed E-state index contributed by atoms with van der Waals surface area (Å²) in [5, 5.41) is 3.30. The van der Waals surface area contributed by atoms with Crippen LogP contribution in [0.25, 0.3) is 0 Å². The molecule has 2 rings (SSSR count). The molecule has 0 aromatic heterocycles. The summed E-state index contributed by atoms with van der Waals surface area (Å²) in [5.74, 6) is -1.83. The molecule has 0 amide bonds. The fraction of sp³-hybridized carbons (Fsp3) is 0.250. The number of hydrogen-bond acceptors (Lipinski definition) is 1. The molecule has 0 bridgehead atoms. The van der Waals surface area contributed by atoms with Gasteiger partial charge in [0, 0.05) is 5.02 Å². The third-order valence-electron chi connectivity index (χ3n) is 3.50. The number of aryl methyl sites for hydroxylation is 2. The third-order valence-corrected chi connectivity index (χ3v) is 3.83. The maximum absolute atomic E-state index is 13.5. The summed E-state index contributed by atoms with van der Waals surface area (Å²) < 4.78 is 26.6. The zero-order chi connectivity index (χ0) is 14.9. The number of nitrogens with one attached hydrogen (secondary N) is 1. The normalized spacial score (nSPS) is 12.5. The first-order chi connectivity index (χ1) is 9.43. The first kappa shape index (κ1) is 14.9. The molecule has 0 aliphatic heterocycles. The van der Waals surface area contributed by atoms with Crippen molar-refractivity contribution < 1.29 is 8.78 Å². The van der Waals surface area contributed by atoms with Gasteiger partial charge in [0.05, 0.1) is 6.04 Å². The standard InChI is InChI=1S/C16H16ClF2N/c1-9-4-5-11(6-10(9)2)16(20-3)12-7-14(18)15(19)8-13(12)17/h4-8,16,20H,1-3H3. The predicted octanol–water partition coefficient (Wildman–Crippen LogP) is 4.54. The maximum Gasteiger partial charge on any atom is 0.160 e. The number of halogens is 3. The van der Waals surface area contributed by atoms with E-state index in [1.54, 1.807) is 7.05 Å². The van der Waals surface area contributed by atoms with Crippen LogP contribution in [-0.4, -0.2) is 7.05 Å². The number of benzene rings is 2. The lowest BCUT2D eigenvalue weighted by atomic mass is 9.95. The SMILES string of the molecule is CNC(c1ccc(C)c(C)c1)c1cc(F)c(F)cc1Cl. The van der Waals surface area contributed by atoms with Gasteiger partial charge in [0.25, 0.3) is 0 Å². The summed E-state index contributed by atoms with van der Waals surface area (Å²) in [6, 6.07) is 7.86. The molecule has 0 fully saturated rings. The molecule has 1 nitrogen and oxygen atoms in total. The van der Waals surface area contributed by atoms with Crippen molar-refractivity contribution in [3.05, 3.63) is 69.2 Å². The Labute approximate surface area is 122 Å². The van der Waals surface area contributed by atoms with Gasteiger partial charge in [-0.2, -0.15) is 0 Å². The van der Waals surface area contributed by atoms with E-state index < -0.39 is 11.6 Å². The van der Waals surface area contributed by atoms with Crippen molar-refractivity contribution in [3.8, 4) is 0 Å². The summed E-state index contributed by atoms with van der Waals surface area (Å²) in [4.78, 5) is 0. The van der Waals surface area contributed by atoms with Crippen molar-refractivity contribution in [2.24, 2.45) is 0 Å². The average Bonchev–Trinajstić information content (AvgIpc) is 2.40. The second-order valence-corrected chi connectivity index (χ2v) is 5.26. The topological polar surface area (TPSA) is 12.0 Å². The zero-order valence-electron chi connectivity index (χ0n) is 11.6. The molecular formula is C16H16ClF2N. The van der Waals surface area contributed by atoms with Crippen LogP contribution in [0.3, 0.4) is 0 Å².